The van der Waals surface area contributed by atoms with Crippen molar-refractivity contribution in [2.24, 2.45) is 5.73 Å². The van der Waals surface area contributed by atoms with E-state index in [1.54, 1.807) is 48.5 Å². The highest BCUT2D eigenvalue weighted by molar-refractivity contribution is 8.01. The van der Waals surface area contributed by atoms with Gasteiger partial charge in [0.05, 0.1) is 11.4 Å². The molecule has 1 saturated heterocycles. The van der Waals surface area contributed by atoms with E-state index in [0.717, 1.165) is 11.8 Å². The topological polar surface area (TPSA) is 46.3 Å². The van der Waals surface area contributed by atoms with Crippen LogP contribution in [0.25, 0.3) is 0 Å². The molecule has 0 radical (unpaired) electrons. The lowest BCUT2D eigenvalue weighted by Gasteiger charge is -2.36. The minimum Gasteiger partial charge on any atom is -0.314 e. The predicted molar refractivity (Wildman–Crippen MR) is 86.8 cm³/mol. The summed E-state index contributed by atoms with van der Waals surface area (Å²) >= 11 is 0.920. The lowest BCUT2D eigenvalue weighted by Crippen LogP contribution is -2.56. The number of nitrogens with two attached hydrogens (primary N) is 1. The summed E-state index contributed by atoms with van der Waals surface area (Å²) in [6.45, 7) is 0. The lowest BCUT2D eigenvalue weighted by atomic mass is 10.0. The zero-order valence-electron chi connectivity index (χ0n) is 12.5. The molecule has 7 heteroatoms. The molecule has 2 aromatic rings. The van der Waals surface area contributed by atoms with Gasteiger partial charge in [0.1, 0.15) is 0 Å². The van der Waals surface area contributed by atoms with Gasteiger partial charge in [-0.05, 0) is 11.1 Å². The van der Waals surface area contributed by atoms with E-state index in [-0.39, 0.29) is 10.5 Å². The molecule has 0 aliphatic carbocycles. The predicted octanol–water partition coefficient (Wildman–Crippen LogP) is 3.63. The minimum atomic E-state index is -4.74. The molecule has 0 amide bonds. The maximum absolute atomic E-state index is 13.7. The largest absolute Gasteiger partial charge is 0.463 e. The Morgan fingerprint density at radius 1 is 1.04 bits per heavy atom. The standard InChI is InChI=1S/C17H15F3N2OS/c18-17(19,20)22-15(21)14(12-7-3-1-4-8-12)24-16(22,11-23)13-9-5-2-6-10-13/h1-11,14-15H,21H2. The number of hydrogen-bond acceptors (Lipinski definition) is 4. The Morgan fingerprint density at radius 2 is 1.58 bits per heavy atom. The fourth-order valence-corrected chi connectivity index (χ4v) is 4.59. The van der Waals surface area contributed by atoms with Crippen molar-refractivity contribution in [3.63, 3.8) is 0 Å². The summed E-state index contributed by atoms with van der Waals surface area (Å²) in [4.78, 5) is 10.1. The number of aldehydes is 1. The Kier molecular flexibility index (Phi) is 4.42. The van der Waals surface area contributed by atoms with Crippen molar-refractivity contribution >= 4 is 18.0 Å². The van der Waals surface area contributed by atoms with Gasteiger partial charge in [-0.3, -0.25) is 4.79 Å². The van der Waals surface area contributed by atoms with E-state index in [4.69, 9.17) is 5.73 Å². The summed E-state index contributed by atoms with van der Waals surface area (Å²) in [6, 6.07) is 16.6. The molecule has 1 aliphatic heterocycles. The van der Waals surface area contributed by atoms with E-state index in [1.807, 2.05) is 0 Å². The Bertz CT molecular complexity index is 711. The summed E-state index contributed by atoms with van der Waals surface area (Å²) in [7, 11) is 0. The van der Waals surface area contributed by atoms with Crippen LogP contribution in [0.15, 0.2) is 60.7 Å². The molecule has 1 heterocycles. The zero-order valence-corrected chi connectivity index (χ0v) is 13.3. The van der Waals surface area contributed by atoms with Gasteiger partial charge in [-0.2, -0.15) is 18.1 Å². The number of carbonyl (C=O) groups is 1. The smallest absolute Gasteiger partial charge is 0.314 e. The SMILES string of the molecule is NC1C(c2ccccc2)SC(C=O)(c2ccccc2)N1C(F)(F)F. The van der Waals surface area contributed by atoms with Crippen molar-refractivity contribution in [2.75, 3.05) is 0 Å². The monoisotopic (exact) mass is 352 g/mol. The van der Waals surface area contributed by atoms with Crippen LogP contribution in [0.2, 0.25) is 0 Å². The highest BCUT2D eigenvalue weighted by Gasteiger charge is 2.62. The summed E-state index contributed by atoms with van der Waals surface area (Å²) in [5.74, 6) is 0. The highest BCUT2D eigenvalue weighted by atomic mass is 32.2. The number of nitrogens with zero attached hydrogens (tertiary/aromatic N) is 1. The Morgan fingerprint density at radius 3 is 2.08 bits per heavy atom. The van der Waals surface area contributed by atoms with E-state index < -0.39 is 22.6 Å². The molecule has 0 spiro atoms. The van der Waals surface area contributed by atoms with E-state index >= 15 is 0 Å². The van der Waals surface area contributed by atoms with Crippen LogP contribution in [0.5, 0.6) is 0 Å². The van der Waals surface area contributed by atoms with E-state index in [2.05, 4.69) is 0 Å². The second-order valence-corrected chi connectivity index (χ2v) is 6.82. The summed E-state index contributed by atoms with van der Waals surface area (Å²) in [5.41, 5.74) is 6.87. The molecule has 1 fully saturated rings. The van der Waals surface area contributed by atoms with Crippen LogP contribution in [-0.4, -0.2) is 23.7 Å². The number of rotatable bonds is 3. The second kappa shape index (κ2) is 6.23. The van der Waals surface area contributed by atoms with Gasteiger partial charge in [-0.15, -0.1) is 11.8 Å². The number of benzene rings is 2. The molecule has 3 atom stereocenters. The average molecular weight is 352 g/mol. The third kappa shape index (κ3) is 2.72. The molecule has 2 N–H and O–H groups in total. The summed E-state index contributed by atoms with van der Waals surface area (Å²) in [5, 5.41) is -0.682. The second-order valence-electron chi connectivity index (χ2n) is 5.46. The first-order chi connectivity index (χ1) is 11.4. The molecule has 2 aromatic carbocycles. The van der Waals surface area contributed by atoms with Crippen LogP contribution in [0.1, 0.15) is 16.4 Å². The Balaban J connectivity index is 2.14. The number of thioether (sulfide) groups is 1. The molecule has 3 unspecified atom stereocenters. The van der Waals surface area contributed by atoms with Gasteiger partial charge >= 0.3 is 6.30 Å². The maximum atomic E-state index is 13.7. The molecule has 3 nitrogen and oxygen atoms in total. The molecule has 0 bridgehead atoms. The Labute approximate surface area is 141 Å². The van der Waals surface area contributed by atoms with Crippen molar-refractivity contribution in [2.45, 2.75) is 22.6 Å². The van der Waals surface area contributed by atoms with Gasteiger partial charge in [0.2, 0.25) is 0 Å². The molecule has 0 saturated carbocycles. The van der Waals surface area contributed by atoms with Crippen LogP contribution in [0, 0.1) is 0 Å². The van der Waals surface area contributed by atoms with Gasteiger partial charge in [0, 0.05) is 0 Å². The van der Waals surface area contributed by atoms with Gasteiger partial charge in [-0.1, -0.05) is 60.7 Å². The van der Waals surface area contributed by atoms with Crippen LogP contribution in [0.3, 0.4) is 0 Å². The first kappa shape index (κ1) is 17.0. The number of halogens is 3. The molecule has 3 rings (SSSR count). The van der Waals surface area contributed by atoms with Crippen LogP contribution in [0.4, 0.5) is 13.2 Å². The lowest BCUT2D eigenvalue weighted by molar-refractivity contribution is -0.270. The van der Waals surface area contributed by atoms with Crippen molar-refractivity contribution < 1.29 is 18.0 Å². The third-order valence-corrected chi connectivity index (χ3v) is 5.71. The zero-order chi connectivity index (χ0) is 17.4. The van der Waals surface area contributed by atoms with Gasteiger partial charge in [0.25, 0.3) is 0 Å². The highest BCUT2D eigenvalue weighted by Crippen LogP contribution is 2.58. The molecule has 126 valence electrons. The van der Waals surface area contributed by atoms with Crippen LogP contribution < -0.4 is 5.73 Å². The minimum absolute atomic E-state index is 0.157. The van der Waals surface area contributed by atoms with Crippen molar-refractivity contribution in [3.8, 4) is 0 Å². The van der Waals surface area contributed by atoms with Crippen molar-refractivity contribution in [3.05, 3.63) is 71.8 Å². The molecular weight excluding hydrogens is 337 g/mol. The quantitative estimate of drug-likeness (QED) is 0.677. The van der Waals surface area contributed by atoms with Crippen LogP contribution >= 0.6 is 11.8 Å². The fraction of sp³-hybridized carbons (Fsp3) is 0.235. The van der Waals surface area contributed by atoms with Crippen molar-refractivity contribution in [1.29, 1.82) is 0 Å². The third-order valence-electron chi connectivity index (χ3n) is 4.02. The van der Waals surface area contributed by atoms with Gasteiger partial charge < -0.3 is 5.73 Å². The summed E-state index contributed by atoms with van der Waals surface area (Å²) in [6.07, 6.45) is -5.78. The van der Waals surface area contributed by atoms with E-state index in [0.29, 0.717) is 11.8 Å². The molecular formula is C17H15F3N2OS. The number of alkyl halides is 3. The first-order valence-electron chi connectivity index (χ1n) is 7.26. The average Bonchev–Trinajstić information content (AvgIpc) is 2.90. The number of hydrogen-bond donors (Lipinski definition) is 1. The maximum Gasteiger partial charge on any atom is 0.463 e. The normalized spacial score (nSPS) is 28.0. The van der Waals surface area contributed by atoms with E-state index in [1.165, 1.54) is 12.1 Å². The number of carbonyl (C=O) groups excluding carboxylic acids is 1. The summed E-state index contributed by atoms with van der Waals surface area (Å²) < 4.78 is 41.2. The van der Waals surface area contributed by atoms with Gasteiger partial charge in [0.15, 0.2) is 11.2 Å². The molecule has 1 aliphatic rings. The Hall–Kier alpha value is -1.83. The van der Waals surface area contributed by atoms with Crippen LogP contribution in [-0.2, 0) is 9.67 Å². The first-order valence-corrected chi connectivity index (χ1v) is 8.14. The van der Waals surface area contributed by atoms with E-state index in [9.17, 15) is 18.0 Å². The molecule has 24 heavy (non-hydrogen) atoms. The van der Waals surface area contributed by atoms with Gasteiger partial charge in [-0.25, -0.2) is 0 Å². The molecule has 0 aromatic heterocycles. The fourth-order valence-electron chi connectivity index (χ4n) is 2.98. The van der Waals surface area contributed by atoms with Crippen molar-refractivity contribution in [1.82, 2.24) is 4.90 Å².